The van der Waals surface area contributed by atoms with Crippen LogP contribution in [0.5, 0.6) is 0 Å². The Morgan fingerprint density at radius 3 is 2.44 bits per heavy atom. The van der Waals surface area contributed by atoms with Crippen molar-refractivity contribution in [1.82, 2.24) is 19.4 Å². The van der Waals surface area contributed by atoms with Crippen LogP contribution in [-0.4, -0.2) is 57.0 Å². The number of fused-ring (bicyclic) bond motifs is 1. The molecule has 2 saturated heterocycles. The molecular formula is C21H30N4O2. The van der Waals surface area contributed by atoms with E-state index in [1.807, 2.05) is 28.8 Å². The summed E-state index contributed by atoms with van der Waals surface area (Å²) < 4.78 is 1.91. The lowest BCUT2D eigenvalue weighted by atomic mass is 9.97. The number of aromatic amines is 1. The van der Waals surface area contributed by atoms with Gasteiger partial charge in [0.15, 0.2) is 0 Å². The van der Waals surface area contributed by atoms with Gasteiger partial charge in [0, 0.05) is 31.2 Å². The number of likely N-dealkylation sites (tertiary alicyclic amines) is 2. The van der Waals surface area contributed by atoms with Gasteiger partial charge in [0.2, 0.25) is 5.91 Å². The van der Waals surface area contributed by atoms with Crippen molar-refractivity contribution in [3.8, 4) is 0 Å². The van der Waals surface area contributed by atoms with E-state index in [-0.39, 0.29) is 17.6 Å². The maximum atomic E-state index is 12.9. The van der Waals surface area contributed by atoms with Crippen molar-refractivity contribution in [2.45, 2.75) is 64.1 Å². The summed E-state index contributed by atoms with van der Waals surface area (Å²) in [5.41, 5.74) is 1.85. The van der Waals surface area contributed by atoms with Crippen molar-refractivity contribution in [1.29, 1.82) is 0 Å². The molecule has 146 valence electrons. The van der Waals surface area contributed by atoms with E-state index < -0.39 is 0 Å². The van der Waals surface area contributed by atoms with Gasteiger partial charge in [-0.25, -0.2) is 4.79 Å². The van der Waals surface area contributed by atoms with E-state index >= 15 is 0 Å². The number of benzene rings is 1. The Bertz CT molecular complexity index is 852. The van der Waals surface area contributed by atoms with Crippen LogP contribution in [0.2, 0.25) is 0 Å². The summed E-state index contributed by atoms with van der Waals surface area (Å²) in [6, 6.07) is 8.77. The van der Waals surface area contributed by atoms with Gasteiger partial charge in [0.05, 0.1) is 17.6 Å². The quantitative estimate of drug-likeness (QED) is 0.904. The first-order valence-electron chi connectivity index (χ1n) is 10.3. The van der Waals surface area contributed by atoms with Crippen molar-refractivity contribution >= 4 is 16.9 Å². The summed E-state index contributed by atoms with van der Waals surface area (Å²) in [6.07, 6.45) is 5.25. The SMILES string of the molecule is CC1CCCC(C)N1C(=O)CN1CCC(n2c(=O)[nH]c3ccccc32)CC1. The predicted molar refractivity (Wildman–Crippen MR) is 107 cm³/mol. The third-order valence-corrected chi connectivity index (χ3v) is 6.39. The minimum absolute atomic E-state index is 0.0262. The lowest BCUT2D eigenvalue weighted by Crippen LogP contribution is -2.52. The van der Waals surface area contributed by atoms with E-state index in [0.29, 0.717) is 18.6 Å². The summed E-state index contributed by atoms with van der Waals surface area (Å²) in [5, 5.41) is 0. The van der Waals surface area contributed by atoms with Gasteiger partial charge in [-0.3, -0.25) is 14.3 Å². The van der Waals surface area contributed by atoms with E-state index in [9.17, 15) is 9.59 Å². The molecule has 1 aromatic heterocycles. The monoisotopic (exact) mass is 370 g/mol. The van der Waals surface area contributed by atoms with E-state index in [1.165, 1.54) is 6.42 Å². The lowest BCUT2D eigenvalue weighted by Gasteiger charge is -2.41. The number of aromatic nitrogens is 2. The number of amides is 1. The Hall–Kier alpha value is -2.08. The van der Waals surface area contributed by atoms with Crippen LogP contribution in [-0.2, 0) is 4.79 Å². The number of rotatable bonds is 3. The summed E-state index contributed by atoms with van der Waals surface area (Å²) in [5.74, 6) is 0.261. The number of hydrogen-bond donors (Lipinski definition) is 1. The molecule has 6 nitrogen and oxygen atoms in total. The van der Waals surface area contributed by atoms with E-state index in [0.717, 1.165) is 49.8 Å². The van der Waals surface area contributed by atoms with Crippen LogP contribution >= 0.6 is 0 Å². The van der Waals surface area contributed by atoms with Gasteiger partial charge in [-0.2, -0.15) is 0 Å². The summed E-state index contributed by atoms with van der Waals surface area (Å²) >= 11 is 0. The molecule has 1 N–H and O–H groups in total. The van der Waals surface area contributed by atoms with Crippen molar-refractivity contribution < 1.29 is 4.79 Å². The first-order valence-corrected chi connectivity index (χ1v) is 10.3. The van der Waals surface area contributed by atoms with Crippen LogP contribution in [0.25, 0.3) is 11.0 Å². The predicted octanol–water partition coefficient (Wildman–Crippen LogP) is 2.76. The smallest absolute Gasteiger partial charge is 0.326 e. The van der Waals surface area contributed by atoms with E-state index in [4.69, 9.17) is 0 Å². The Labute approximate surface area is 160 Å². The molecule has 0 bridgehead atoms. The normalized spacial score (nSPS) is 25.2. The van der Waals surface area contributed by atoms with Crippen LogP contribution < -0.4 is 5.69 Å². The molecule has 2 unspecified atom stereocenters. The summed E-state index contributed by atoms with van der Waals surface area (Å²) in [4.78, 5) is 32.6. The number of para-hydroxylation sites is 2. The third-order valence-electron chi connectivity index (χ3n) is 6.39. The molecule has 0 aliphatic carbocycles. The molecule has 0 radical (unpaired) electrons. The molecule has 1 aromatic carbocycles. The highest BCUT2D eigenvalue weighted by Crippen LogP contribution is 2.26. The number of nitrogens with zero attached hydrogens (tertiary/aromatic N) is 3. The molecule has 2 fully saturated rings. The number of nitrogens with one attached hydrogen (secondary N) is 1. The number of carbonyl (C=O) groups is 1. The topological polar surface area (TPSA) is 61.3 Å². The molecule has 0 saturated carbocycles. The highest BCUT2D eigenvalue weighted by molar-refractivity contribution is 5.79. The third kappa shape index (κ3) is 3.55. The lowest BCUT2D eigenvalue weighted by molar-refractivity contribution is -0.138. The molecule has 0 spiro atoms. The second-order valence-corrected chi connectivity index (χ2v) is 8.25. The molecule has 2 aromatic rings. The molecule has 2 atom stereocenters. The minimum atomic E-state index is -0.0262. The van der Waals surface area contributed by atoms with E-state index in [1.54, 1.807) is 0 Å². The summed E-state index contributed by atoms with van der Waals surface area (Å²) in [7, 11) is 0. The zero-order valence-corrected chi connectivity index (χ0v) is 16.4. The molecule has 2 aliphatic heterocycles. The van der Waals surface area contributed by atoms with Crippen LogP contribution in [0.1, 0.15) is 52.0 Å². The average molecular weight is 370 g/mol. The Balaban J connectivity index is 1.39. The number of hydrogen-bond acceptors (Lipinski definition) is 3. The van der Waals surface area contributed by atoms with Gasteiger partial charge < -0.3 is 9.88 Å². The van der Waals surface area contributed by atoms with Crippen LogP contribution in [0.15, 0.2) is 29.1 Å². The van der Waals surface area contributed by atoms with E-state index in [2.05, 4.69) is 28.6 Å². The zero-order valence-electron chi connectivity index (χ0n) is 16.4. The van der Waals surface area contributed by atoms with Gasteiger partial charge in [0.25, 0.3) is 0 Å². The highest BCUT2D eigenvalue weighted by Gasteiger charge is 2.31. The Morgan fingerprint density at radius 1 is 1.07 bits per heavy atom. The fourth-order valence-electron chi connectivity index (χ4n) is 4.96. The molecule has 1 amide bonds. The number of H-pyrrole nitrogens is 1. The standard InChI is InChI=1S/C21H30N4O2/c1-15-6-5-7-16(2)24(15)20(26)14-23-12-10-17(11-13-23)25-19-9-4-3-8-18(19)22-21(25)27/h3-4,8-9,15-17H,5-7,10-14H2,1-2H3,(H,22,27). The Kier molecular flexibility index (Phi) is 5.08. The fraction of sp³-hybridized carbons (Fsp3) is 0.619. The Morgan fingerprint density at radius 2 is 1.74 bits per heavy atom. The van der Waals surface area contributed by atoms with Crippen molar-refractivity contribution in [2.24, 2.45) is 0 Å². The number of piperidine rings is 2. The maximum absolute atomic E-state index is 12.9. The van der Waals surface area contributed by atoms with Crippen LogP contribution in [0, 0.1) is 0 Å². The van der Waals surface area contributed by atoms with Crippen molar-refractivity contribution in [3.05, 3.63) is 34.7 Å². The highest BCUT2D eigenvalue weighted by atomic mass is 16.2. The number of imidazole rings is 1. The second kappa shape index (κ2) is 7.50. The van der Waals surface area contributed by atoms with Gasteiger partial charge >= 0.3 is 5.69 Å². The van der Waals surface area contributed by atoms with Gasteiger partial charge in [-0.15, -0.1) is 0 Å². The van der Waals surface area contributed by atoms with Crippen LogP contribution in [0.3, 0.4) is 0 Å². The molecule has 4 rings (SSSR count). The maximum Gasteiger partial charge on any atom is 0.326 e. The average Bonchev–Trinajstić information content (AvgIpc) is 2.98. The largest absolute Gasteiger partial charge is 0.336 e. The second-order valence-electron chi connectivity index (χ2n) is 8.25. The first-order chi connectivity index (χ1) is 13.0. The molecule has 3 heterocycles. The fourth-order valence-corrected chi connectivity index (χ4v) is 4.96. The molecule has 27 heavy (non-hydrogen) atoms. The zero-order chi connectivity index (χ0) is 19.0. The molecule has 6 heteroatoms. The summed E-state index contributed by atoms with van der Waals surface area (Å²) in [6.45, 7) is 6.56. The van der Waals surface area contributed by atoms with Gasteiger partial charge in [0.1, 0.15) is 0 Å². The van der Waals surface area contributed by atoms with Gasteiger partial charge in [-0.1, -0.05) is 12.1 Å². The van der Waals surface area contributed by atoms with Crippen LogP contribution in [0.4, 0.5) is 0 Å². The minimum Gasteiger partial charge on any atom is -0.336 e. The first kappa shape index (κ1) is 18.3. The number of carbonyl (C=O) groups excluding carboxylic acids is 1. The van der Waals surface area contributed by atoms with Gasteiger partial charge in [-0.05, 0) is 58.1 Å². The van der Waals surface area contributed by atoms with Crippen molar-refractivity contribution in [3.63, 3.8) is 0 Å². The molecular weight excluding hydrogens is 340 g/mol. The van der Waals surface area contributed by atoms with Crippen molar-refractivity contribution in [2.75, 3.05) is 19.6 Å². The molecule has 2 aliphatic rings.